The average molecular weight is 311 g/mol. The Morgan fingerprint density at radius 2 is 2.35 bits per heavy atom. The molecule has 0 spiro atoms. The van der Waals surface area contributed by atoms with E-state index in [0.717, 1.165) is 20.7 Å². The van der Waals surface area contributed by atoms with Crippen LogP contribution in [0.3, 0.4) is 0 Å². The molecule has 1 aromatic carbocycles. The second-order valence-corrected chi connectivity index (χ2v) is 5.45. The Kier molecular flexibility index (Phi) is 3.91. The highest BCUT2D eigenvalue weighted by atomic mass is 79.9. The van der Waals surface area contributed by atoms with Crippen molar-refractivity contribution >= 4 is 38.9 Å². The van der Waals surface area contributed by atoms with Gasteiger partial charge in [-0.25, -0.2) is 4.98 Å². The molecule has 0 unspecified atom stereocenters. The summed E-state index contributed by atoms with van der Waals surface area (Å²) < 4.78 is 0.948. The van der Waals surface area contributed by atoms with E-state index in [4.69, 9.17) is 0 Å². The van der Waals surface area contributed by atoms with E-state index in [1.807, 2.05) is 31.2 Å². The minimum Gasteiger partial charge on any atom is -0.326 e. The molecule has 1 aromatic heterocycles. The van der Waals surface area contributed by atoms with Gasteiger partial charge in [0.15, 0.2) is 0 Å². The van der Waals surface area contributed by atoms with Crippen molar-refractivity contribution < 1.29 is 4.79 Å². The van der Waals surface area contributed by atoms with E-state index in [9.17, 15) is 4.79 Å². The number of hydrogen-bond donors (Lipinski definition) is 1. The van der Waals surface area contributed by atoms with Gasteiger partial charge in [0, 0.05) is 15.0 Å². The highest BCUT2D eigenvalue weighted by molar-refractivity contribution is 9.10. The molecule has 0 atom stereocenters. The predicted molar refractivity (Wildman–Crippen MR) is 73.3 cm³/mol. The summed E-state index contributed by atoms with van der Waals surface area (Å²) in [5.41, 5.74) is 3.49. The molecule has 2 aromatic rings. The van der Waals surface area contributed by atoms with E-state index < -0.39 is 0 Å². The lowest BCUT2D eigenvalue weighted by Crippen LogP contribution is -2.14. The number of aryl methyl sites for hydroxylation is 1. The van der Waals surface area contributed by atoms with Gasteiger partial charge in [0.2, 0.25) is 5.91 Å². The number of halogens is 1. The van der Waals surface area contributed by atoms with E-state index in [1.165, 1.54) is 11.3 Å². The fraction of sp³-hybridized carbons (Fsp3) is 0.167. The zero-order chi connectivity index (χ0) is 12.3. The monoisotopic (exact) mass is 310 g/mol. The molecule has 1 heterocycles. The van der Waals surface area contributed by atoms with Gasteiger partial charge >= 0.3 is 0 Å². The van der Waals surface area contributed by atoms with E-state index in [1.54, 1.807) is 5.51 Å². The third-order valence-corrected chi connectivity index (χ3v) is 3.70. The maximum atomic E-state index is 11.8. The Hall–Kier alpha value is -1.20. The Bertz CT molecular complexity index is 539. The highest BCUT2D eigenvalue weighted by Gasteiger charge is 2.08. The van der Waals surface area contributed by atoms with Crippen molar-refractivity contribution in [2.75, 3.05) is 5.32 Å². The van der Waals surface area contributed by atoms with Crippen LogP contribution in [0.2, 0.25) is 0 Å². The molecule has 0 bridgehead atoms. The number of nitrogens with one attached hydrogen (secondary N) is 1. The topological polar surface area (TPSA) is 42.0 Å². The molecule has 0 saturated heterocycles. The molecular formula is C12H11BrN2OS. The van der Waals surface area contributed by atoms with Crippen LogP contribution in [0.5, 0.6) is 0 Å². The summed E-state index contributed by atoms with van der Waals surface area (Å²) in [6, 6.07) is 7.54. The number of thiazole rings is 1. The maximum absolute atomic E-state index is 11.8. The maximum Gasteiger partial charge on any atom is 0.229 e. The van der Waals surface area contributed by atoms with Crippen LogP contribution in [0.15, 0.2) is 34.2 Å². The summed E-state index contributed by atoms with van der Waals surface area (Å²) in [5.74, 6) is -0.0181. The number of hydrogen-bond acceptors (Lipinski definition) is 3. The molecule has 0 fully saturated rings. The highest BCUT2D eigenvalue weighted by Crippen LogP contribution is 2.17. The molecule has 1 amide bonds. The van der Waals surface area contributed by atoms with E-state index in [2.05, 4.69) is 26.2 Å². The number of benzene rings is 1. The van der Waals surface area contributed by atoms with Gasteiger partial charge in [-0.1, -0.05) is 22.0 Å². The number of amides is 1. The van der Waals surface area contributed by atoms with Crippen molar-refractivity contribution in [3.63, 3.8) is 0 Å². The fourth-order valence-corrected chi connectivity index (χ4v) is 2.59. The van der Waals surface area contributed by atoms with Crippen molar-refractivity contribution in [2.45, 2.75) is 13.3 Å². The van der Waals surface area contributed by atoms with Crippen LogP contribution in [-0.2, 0) is 11.2 Å². The van der Waals surface area contributed by atoms with Gasteiger partial charge in [0.25, 0.3) is 0 Å². The molecule has 5 heteroatoms. The molecule has 0 aliphatic heterocycles. The molecule has 88 valence electrons. The van der Waals surface area contributed by atoms with Gasteiger partial charge in [-0.05, 0) is 25.1 Å². The number of carbonyl (C=O) groups excluding carboxylic acids is 1. The summed E-state index contributed by atoms with van der Waals surface area (Å²) >= 11 is 4.88. The lowest BCUT2D eigenvalue weighted by atomic mass is 10.2. The summed E-state index contributed by atoms with van der Waals surface area (Å²) in [5, 5.41) is 2.86. The van der Waals surface area contributed by atoms with Crippen molar-refractivity contribution in [3.05, 3.63) is 44.8 Å². The molecule has 0 aliphatic carbocycles. The normalized spacial score (nSPS) is 10.2. The van der Waals surface area contributed by atoms with Crippen LogP contribution in [0.25, 0.3) is 0 Å². The molecule has 17 heavy (non-hydrogen) atoms. The Morgan fingerprint density at radius 1 is 1.53 bits per heavy atom. The summed E-state index contributed by atoms with van der Waals surface area (Å²) in [7, 11) is 0. The zero-order valence-corrected chi connectivity index (χ0v) is 11.6. The quantitative estimate of drug-likeness (QED) is 0.944. The second-order valence-electron chi connectivity index (χ2n) is 3.60. The van der Waals surface area contributed by atoms with Crippen molar-refractivity contribution in [3.8, 4) is 0 Å². The van der Waals surface area contributed by atoms with Gasteiger partial charge in [0.05, 0.1) is 17.6 Å². The number of carbonyl (C=O) groups is 1. The predicted octanol–water partition coefficient (Wildman–Crippen LogP) is 3.40. The number of aromatic nitrogens is 1. The van der Waals surface area contributed by atoms with Crippen LogP contribution in [0, 0.1) is 6.92 Å². The molecule has 0 aliphatic rings. The molecule has 3 nitrogen and oxygen atoms in total. The zero-order valence-electron chi connectivity index (χ0n) is 9.24. The van der Waals surface area contributed by atoms with Crippen molar-refractivity contribution in [1.82, 2.24) is 4.98 Å². The average Bonchev–Trinajstić information content (AvgIpc) is 2.64. The lowest BCUT2D eigenvalue weighted by Gasteiger charge is -2.04. The molecule has 0 radical (unpaired) electrons. The van der Waals surface area contributed by atoms with Gasteiger partial charge in [0.1, 0.15) is 0 Å². The number of nitrogens with zero attached hydrogens (tertiary/aromatic N) is 1. The van der Waals surface area contributed by atoms with Gasteiger partial charge in [-0.15, -0.1) is 11.3 Å². The standard InChI is InChI=1S/C12H11BrN2OS/c1-8-11(17-7-14-8)6-12(16)15-10-4-2-3-9(13)5-10/h2-5,7H,6H2,1H3,(H,15,16). The molecule has 0 saturated carbocycles. The van der Waals surface area contributed by atoms with Gasteiger partial charge < -0.3 is 5.32 Å². The third kappa shape index (κ3) is 3.38. The van der Waals surface area contributed by atoms with Crippen LogP contribution in [0.4, 0.5) is 5.69 Å². The lowest BCUT2D eigenvalue weighted by molar-refractivity contribution is -0.115. The Labute approximate surface area is 112 Å². The van der Waals surface area contributed by atoms with Crippen LogP contribution in [0.1, 0.15) is 10.6 Å². The van der Waals surface area contributed by atoms with Gasteiger partial charge in [-0.2, -0.15) is 0 Å². The first-order chi connectivity index (χ1) is 8.15. The SMILES string of the molecule is Cc1ncsc1CC(=O)Nc1cccc(Br)c1. The van der Waals surface area contributed by atoms with Crippen LogP contribution >= 0.6 is 27.3 Å². The first-order valence-electron chi connectivity index (χ1n) is 5.09. The first-order valence-corrected chi connectivity index (χ1v) is 6.77. The van der Waals surface area contributed by atoms with Crippen molar-refractivity contribution in [1.29, 1.82) is 0 Å². The van der Waals surface area contributed by atoms with Gasteiger partial charge in [-0.3, -0.25) is 4.79 Å². The molecule has 2 rings (SSSR count). The second kappa shape index (κ2) is 5.42. The molecule has 1 N–H and O–H groups in total. The van der Waals surface area contributed by atoms with E-state index in [-0.39, 0.29) is 5.91 Å². The van der Waals surface area contributed by atoms with Crippen LogP contribution in [-0.4, -0.2) is 10.9 Å². The Morgan fingerprint density at radius 3 is 3.00 bits per heavy atom. The summed E-state index contributed by atoms with van der Waals surface area (Å²) in [6.07, 6.45) is 0.378. The number of rotatable bonds is 3. The molecular weight excluding hydrogens is 300 g/mol. The smallest absolute Gasteiger partial charge is 0.229 e. The number of anilines is 1. The summed E-state index contributed by atoms with van der Waals surface area (Å²) in [6.45, 7) is 1.91. The Balaban J connectivity index is 2.01. The largest absolute Gasteiger partial charge is 0.326 e. The minimum absolute atomic E-state index is 0.0181. The first kappa shape index (κ1) is 12.3. The minimum atomic E-state index is -0.0181. The van der Waals surface area contributed by atoms with Crippen molar-refractivity contribution in [2.24, 2.45) is 0 Å². The van der Waals surface area contributed by atoms with E-state index in [0.29, 0.717) is 6.42 Å². The third-order valence-electron chi connectivity index (χ3n) is 2.27. The fourth-order valence-electron chi connectivity index (χ4n) is 1.41. The van der Waals surface area contributed by atoms with E-state index >= 15 is 0 Å². The van der Waals surface area contributed by atoms with Crippen LogP contribution < -0.4 is 5.32 Å². The summed E-state index contributed by atoms with van der Waals surface area (Å²) in [4.78, 5) is 16.9.